The lowest BCUT2D eigenvalue weighted by atomic mass is 9.82. The van der Waals surface area contributed by atoms with Gasteiger partial charge in [-0.15, -0.1) is 0 Å². The van der Waals surface area contributed by atoms with Crippen LogP contribution in [0, 0.1) is 18.7 Å². The fourth-order valence-electron chi connectivity index (χ4n) is 4.76. The topological polar surface area (TPSA) is 93.5 Å². The number of aryl methyl sites for hydroxylation is 1. The van der Waals surface area contributed by atoms with E-state index in [9.17, 15) is 14.0 Å². The van der Waals surface area contributed by atoms with Gasteiger partial charge in [-0.05, 0) is 62.9 Å². The molecule has 1 aromatic carbocycles. The first-order valence-corrected chi connectivity index (χ1v) is 12.3. The maximum absolute atomic E-state index is 13.9. The standard InChI is InChI=1S/C27H32FN3O4/c1-3-34-24(32)13-14-29-27(33)19-9-12-23(30-16-19)31-25(18-7-5-4-6-8-18)26-17(2)21-15-20(28)10-11-22(21)35-26/h9-12,15-16,18,25H,3-8,13-14H2,1-2H3,(H,29,33)(H,30,31). The van der Waals surface area contributed by atoms with Gasteiger partial charge in [0.15, 0.2) is 0 Å². The lowest BCUT2D eigenvalue weighted by Crippen LogP contribution is -2.27. The number of pyridine rings is 1. The Morgan fingerprint density at radius 2 is 2.00 bits per heavy atom. The number of nitrogens with one attached hydrogen (secondary N) is 2. The molecule has 1 saturated carbocycles. The third kappa shape index (κ3) is 5.99. The van der Waals surface area contributed by atoms with Crippen LogP contribution in [0.15, 0.2) is 40.9 Å². The van der Waals surface area contributed by atoms with E-state index >= 15 is 0 Å². The van der Waals surface area contributed by atoms with Crippen molar-refractivity contribution < 1.29 is 23.1 Å². The molecule has 0 bridgehead atoms. The molecule has 2 N–H and O–H groups in total. The molecule has 0 aliphatic heterocycles. The predicted molar refractivity (Wildman–Crippen MR) is 132 cm³/mol. The molecule has 2 heterocycles. The van der Waals surface area contributed by atoms with Crippen LogP contribution >= 0.6 is 0 Å². The number of benzene rings is 1. The number of anilines is 1. The molecule has 1 aliphatic carbocycles. The van der Waals surface area contributed by atoms with E-state index in [4.69, 9.17) is 9.15 Å². The summed E-state index contributed by atoms with van der Waals surface area (Å²) in [6.07, 6.45) is 7.33. The SMILES string of the molecule is CCOC(=O)CCNC(=O)c1ccc(NC(c2oc3ccc(F)cc3c2C)C2CCCCC2)nc1. The Kier molecular flexibility index (Phi) is 8.00. The Morgan fingerprint density at radius 1 is 1.20 bits per heavy atom. The third-order valence-electron chi connectivity index (χ3n) is 6.59. The van der Waals surface area contributed by atoms with E-state index in [-0.39, 0.29) is 36.7 Å². The third-order valence-corrected chi connectivity index (χ3v) is 6.59. The number of furan rings is 1. The highest BCUT2D eigenvalue weighted by molar-refractivity contribution is 5.94. The van der Waals surface area contributed by atoms with Crippen molar-refractivity contribution in [1.82, 2.24) is 10.3 Å². The number of halogens is 1. The van der Waals surface area contributed by atoms with Crippen molar-refractivity contribution in [2.24, 2.45) is 5.92 Å². The minimum atomic E-state index is -0.345. The number of esters is 1. The van der Waals surface area contributed by atoms with Crippen molar-refractivity contribution in [3.8, 4) is 0 Å². The van der Waals surface area contributed by atoms with Gasteiger partial charge < -0.3 is 19.8 Å². The summed E-state index contributed by atoms with van der Waals surface area (Å²) in [7, 11) is 0. The van der Waals surface area contributed by atoms with Crippen LogP contribution < -0.4 is 10.6 Å². The molecule has 4 rings (SSSR count). The Balaban J connectivity index is 1.49. The minimum absolute atomic E-state index is 0.109. The lowest BCUT2D eigenvalue weighted by molar-refractivity contribution is -0.142. The van der Waals surface area contributed by atoms with Gasteiger partial charge >= 0.3 is 5.97 Å². The van der Waals surface area contributed by atoms with Gasteiger partial charge in [-0.25, -0.2) is 9.37 Å². The molecular formula is C27H32FN3O4. The summed E-state index contributed by atoms with van der Waals surface area (Å²) in [5.41, 5.74) is 2.01. The van der Waals surface area contributed by atoms with Crippen LogP contribution in [0.5, 0.6) is 0 Å². The second-order valence-electron chi connectivity index (χ2n) is 8.99. The smallest absolute Gasteiger partial charge is 0.307 e. The maximum Gasteiger partial charge on any atom is 0.307 e. The van der Waals surface area contributed by atoms with Crippen LogP contribution in [0.2, 0.25) is 0 Å². The molecule has 2 aromatic heterocycles. The lowest BCUT2D eigenvalue weighted by Gasteiger charge is -2.30. The normalized spacial score (nSPS) is 15.1. The maximum atomic E-state index is 13.9. The summed E-state index contributed by atoms with van der Waals surface area (Å²) >= 11 is 0. The fourth-order valence-corrected chi connectivity index (χ4v) is 4.76. The summed E-state index contributed by atoms with van der Waals surface area (Å²) in [5, 5.41) is 7.02. The number of carbonyl (C=O) groups is 2. The van der Waals surface area contributed by atoms with Crippen LogP contribution in [0.1, 0.15) is 73.2 Å². The second kappa shape index (κ2) is 11.3. The van der Waals surface area contributed by atoms with Gasteiger partial charge in [0, 0.05) is 23.7 Å². The van der Waals surface area contributed by atoms with Gasteiger partial charge in [-0.3, -0.25) is 9.59 Å². The second-order valence-corrected chi connectivity index (χ2v) is 8.99. The molecular weight excluding hydrogens is 449 g/mol. The van der Waals surface area contributed by atoms with Gasteiger partial charge in [-0.2, -0.15) is 0 Å². The monoisotopic (exact) mass is 481 g/mol. The van der Waals surface area contributed by atoms with Crippen molar-refractivity contribution >= 4 is 28.7 Å². The van der Waals surface area contributed by atoms with E-state index in [0.717, 1.165) is 42.4 Å². The van der Waals surface area contributed by atoms with Crippen molar-refractivity contribution in [3.05, 3.63) is 59.2 Å². The van der Waals surface area contributed by atoms with Crippen LogP contribution in [-0.4, -0.2) is 30.0 Å². The summed E-state index contributed by atoms with van der Waals surface area (Å²) in [6.45, 7) is 4.23. The summed E-state index contributed by atoms with van der Waals surface area (Å²) < 4.78 is 25.0. The zero-order valence-electron chi connectivity index (χ0n) is 20.2. The molecule has 1 unspecified atom stereocenters. The van der Waals surface area contributed by atoms with Crippen molar-refractivity contribution in [3.63, 3.8) is 0 Å². The number of ether oxygens (including phenoxy) is 1. The molecule has 1 aliphatic rings. The average Bonchev–Trinajstić information content (AvgIpc) is 3.19. The van der Waals surface area contributed by atoms with Crippen molar-refractivity contribution in [1.29, 1.82) is 0 Å². The highest BCUT2D eigenvalue weighted by Crippen LogP contribution is 2.40. The molecule has 7 nitrogen and oxygen atoms in total. The van der Waals surface area contributed by atoms with E-state index in [1.165, 1.54) is 24.8 Å². The molecule has 0 radical (unpaired) electrons. The molecule has 1 amide bonds. The summed E-state index contributed by atoms with van der Waals surface area (Å²) in [5.74, 6) is 0.873. The molecule has 1 fully saturated rings. The van der Waals surface area contributed by atoms with Crippen LogP contribution in [0.25, 0.3) is 11.0 Å². The van der Waals surface area contributed by atoms with Crippen molar-refractivity contribution in [2.75, 3.05) is 18.5 Å². The highest BCUT2D eigenvalue weighted by Gasteiger charge is 2.30. The van der Waals surface area contributed by atoms with E-state index < -0.39 is 0 Å². The number of nitrogens with zero attached hydrogens (tertiary/aromatic N) is 1. The zero-order valence-corrected chi connectivity index (χ0v) is 20.2. The Morgan fingerprint density at radius 3 is 2.71 bits per heavy atom. The molecule has 1 atom stereocenters. The molecule has 0 saturated heterocycles. The largest absolute Gasteiger partial charge is 0.466 e. The number of fused-ring (bicyclic) bond motifs is 1. The molecule has 35 heavy (non-hydrogen) atoms. The fraction of sp³-hybridized carbons (Fsp3) is 0.444. The first kappa shape index (κ1) is 24.7. The number of hydrogen-bond donors (Lipinski definition) is 2. The highest BCUT2D eigenvalue weighted by atomic mass is 19.1. The quantitative estimate of drug-likeness (QED) is 0.381. The predicted octanol–water partition coefficient (Wildman–Crippen LogP) is 5.69. The van der Waals surface area contributed by atoms with Crippen LogP contribution in [0.3, 0.4) is 0 Å². The minimum Gasteiger partial charge on any atom is -0.466 e. The molecule has 186 valence electrons. The van der Waals surface area contributed by atoms with Gasteiger partial charge in [0.25, 0.3) is 5.91 Å². The Labute approximate surface area is 204 Å². The first-order valence-electron chi connectivity index (χ1n) is 12.3. The van der Waals surface area contributed by atoms with Crippen LogP contribution in [-0.2, 0) is 9.53 Å². The van der Waals surface area contributed by atoms with Crippen molar-refractivity contribution in [2.45, 2.75) is 58.4 Å². The number of rotatable bonds is 9. The number of hydrogen-bond acceptors (Lipinski definition) is 6. The number of carbonyl (C=O) groups excluding carboxylic acids is 2. The van der Waals surface area contributed by atoms with E-state index in [2.05, 4.69) is 15.6 Å². The summed E-state index contributed by atoms with van der Waals surface area (Å²) in [4.78, 5) is 28.3. The molecule has 8 heteroatoms. The van der Waals surface area contributed by atoms with Gasteiger partial charge in [0.2, 0.25) is 0 Å². The van der Waals surface area contributed by atoms with Gasteiger partial charge in [0.05, 0.1) is 24.6 Å². The number of aromatic nitrogens is 1. The first-order chi connectivity index (χ1) is 17.0. The summed E-state index contributed by atoms with van der Waals surface area (Å²) in [6, 6.07) is 7.97. The van der Waals surface area contributed by atoms with Gasteiger partial charge in [-0.1, -0.05) is 19.3 Å². The zero-order chi connectivity index (χ0) is 24.8. The van der Waals surface area contributed by atoms with Crippen LogP contribution in [0.4, 0.5) is 10.2 Å². The van der Waals surface area contributed by atoms with E-state index in [1.807, 2.05) is 6.92 Å². The Hall–Kier alpha value is -3.42. The Bertz CT molecular complexity index is 1170. The molecule has 3 aromatic rings. The number of amides is 1. The van der Waals surface area contributed by atoms with E-state index in [0.29, 0.717) is 29.5 Å². The van der Waals surface area contributed by atoms with Gasteiger partial charge in [0.1, 0.15) is 23.0 Å². The average molecular weight is 482 g/mol. The van der Waals surface area contributed by atoms with E-state index in [1.54, 1.807) is 25.1 Å². The molecule has 0 spiro atoms.